The SMILES string of the molecule is CC1(C)CCC(NC(=O)C(CC(=O)O)NC(=O)OCC2c3ccccc3-c3ccccc32)C1. The summed E-state index contributed by atoms with van der Waals surface area (Å²) in [6.07, 6.45) is 1.34. The Kier molecular flexibility index (Phi) is 6.40. The second kappa shape index (κ2) is 9.25. The molecule has 2 unspecified atom stereocenters. The highest BCUT2D eigenvalue weighted by Gasteiger charge is 2.34. The van der Waals surface area contributed by atoms with Gasteiger partial charge in [0.1, 0.15) is 12.6 Å². The van der Waals surface area contributed by atoms with E-state index in [0.29, 0.717) is 0 Å². The fraction of sp³-hybridized carbons (Fsp3) is 0.423. The molecule has 0 saturated heterocycles. The number of carboxylic acids is 1. The van der Waals surface area contributed by atoms with Crippen LogP contribution in [-0.2, 0) is 14.3 Å². The monoisotopic (exact) mass is 450 g/mol. The summed E-state index contributed by atoms with van der Waals surface area (Å²) in [4.78, 5) is 36.6. The van der Waals surface area contributed by atoms with Crippen molar-refractivity contribution in [3.8, 4) is 11.1 Å². The largest absolute Gasteiger partial charge is 0.481 e. The minimum absolute atomic E-state index is 0.0203. The number of ether oxygens (including phenoxy) is 1. The van der Waals surface area contributed by atoms with E-state index < -0.39 is 30.4 Å². The predicted molar refractivity (Wildman–Crippen MR) is 124 cm³/mol. The van der Waals surface area contributed by atoms with Crippen LogP contribution in [0.1, 0.15) is 56.6 Å². The summed E-state index contributed by atoms with van der Waals surface area (Å²) in [5.74, 6) is -1.77. The van der Waals surface area contributed by atoms with Gasteiger partial charge < -0.3 is 20.5 Å². The molecule has 2 atom stereocenters. The van der Waals surface area contributed by atoms with E-state index in [1.165, 1.54) is 0 Å². The van der Waals surface area contributed by atoms with Crippen molar-refractivity contribution < 1.29 is 24.2 Å². The van der Waals surface area contributed by atoms with Crippen molar-refractivity contribution in [3.63, 3.8) is 0 Å². The average molecular weight is 451 g/mol. The molecule has 7 heteroatoms. The highest BCUT2D eigenvalue weighted by Crippen LogP contribution is 2.44. The van der Waals surface area contributed by atoms with Crippen molar-refractivity contribution in [3.05, 3.63) is 59.7 Å². The number of carbonyl (C=O) groups excluding carboxylic acids is 2. The van der Waals surface area contributed by atoms with Gasteiger partial charge in [-0.2, -0.15) is 0 Å². The van der Waals surface area contributed by atoms with Gasteiger partial charge in [0.2, 0.25) is 5.91 Å². The molecular formula is C26H30N2O5. The van der Waals surface area contributed by atoms with E-state index in [9.17, 15) is 19.5 Å². The summed E-state index contributed by atoms with van der Waals surface area (Å²) in [6, 6.07) is 14.8. The third kappa shape index (κ3) is 5.18. The van der Waals surface area contributed by atoms with E-state index in [0.717, 1.165) is 41.5 Å². The third-order valence-electron chi connectivity index (χ3n) is 6.65. The first-order valence-corrected chi connectivity index (χ1v) is 11.4. The molecule has 1 fully saturated rings. The lowest BCUT2D eigenvalue weighted by molar-refractivity contribution is -0.140. The molecule has 2 aromatic carbocycles. The third-order valence-corrected chi connectivity index (χ3v) is 6.65. The number of nitrogens with one attached hydrogen (secondary N) is 2. The second-order valence-corrected chi connectivity index (χ2v) is 9.73. The number of carboxylic acid groups (broad SMARTS) is 1. The minimum atomic E-state index is -1.19. The predicted octanol–water partition coefficient (Wildman–Crippen LogP) is 4.06. The van der Waals surface area contributed by atoms with Crippen molar-refractivity contribution in [1.82, 2.24) is 10.6 Å². The zero-order valence-corrected chi connectivity index (χ0v) is 19.0. The van der Waals surface area contributed by atoms with E-state index in [1.54, 1.807) is 0 Å². The fourth-order valence-corrected chi connectivity index (χ4v) is 5.03. The number of fused-ring (bicyclic) bond motifs is 3. The molecule has 2 aliphatic carbocycles. The van der Waals surface area contributed by atoms with Crippen LogP contribution < -0.4 is 10.6 Å². The topological polar surface area (TPSA) is 105 Å². The van der Waals surface area contributed by atoms with E-state index in [2.05, 4.69) is 24.5 Å². The van der Waals surface area contributed by atoms with Gasteiger partial charge in [0, 0.05) is 12.0 Å². The molecule has 33 heavy (non-hydrogen) atoms. The van der Waals surface area contributed by atoms with Crippen LogP contribution >= 0.6 is 0 Å². The van der Waals surface area contributed by atoms with Gasteiger partial charge in [-0.25, -0.2) is 4.79 Å². The van der Waals surface area contributed by atoms with Crippen LogP contribution in [0, 0.1) is 5.41 Å². The molecule has 0 aromatic heterocycles. The normalized spacial score (nSPS) is 19.3. The minimum Gasteiger partial charge on any atom is -0.481 e. The molecule has 2 aromatic rings. The summed E-state index contributed by atoms with van der Waals surface area (Å²) in [6.45, 7) is 4.38. The second-order valence-electron chi connectivity index (χ2n) is 9.73. The summed E-state index contributed by atoms with van der Waals surface area (Å²) in [5.41, 5.74) is 4.53. The van der Waals surface area contributed by atoms with Gasteiger partial charge in [0.15, 0.2) is 0 Å². The van der Waals surface area contributed by atoms with E-state index in [-0.39, 0.29) is 24.0 Å². The molecule has 0 bridgehead atoms. The molecule has 174 valence electrons. The smallest absolute Gasteiger partial charge is 0.407 e. The number of benzene rings is 2. The zero-order chi connectivity index (χ0) is 23.6. The van der Waals surface area contributed by atoms with Gasteiger partial charge in [0.05, 0.1) is 6.42 Å². The van der Waals surface area contributed by atoms with E-state index in [4.69, 9.17) is 4.74 Å². The van der Waals surface area contributed by atoms with Crippen molar-refractivity contribution in [2.45, 2.75) is 57.5 Å². The number of alkyl carbamates (subject to hydrolysis) is 1. The molecule has 3 N–H and O–H groups in total. The maximum atomic E-state index is 12.7. The Morgan fingerprint density at radius 2 is 1.67 bits per heavy atom. The van der Waals surface area contributed by atoms with Gasteiger partial charge in [-0.1, -0.05) is 62.4 Å². The van der Waals surface area contributed by atoms with Crippen LogP contribution in [0.5, 0.6) is 0 Å². The first-order valence-electron chi connectivity index (χ1n) is 11.4. The van der Waals surface area contributed by atoms with Crippen LogP contribution in [-0.4, -0.2) is 41.8 Å². The molecule has 7 nitrogen and oxygen atoms in total. The maximum absolute atomic E-state index is 12.7. The van der Waals surface area contributed by atoms with Crippen LogP contribution in [0.4, 0.5) is 4.79 Å². The van der Waals surface area contributed by atoms with Crippen LogP contribution in [0.15, 0.2) is 48.5 Å². The van der Waals surface area contributed by atoms with Gasteiger partial charge in [-0.15, -0.1) is 0 Å². The van der Waals surface area contributed by atoms with Gasteiger partial charge in [0.25, 0.3) is 0 Å². The van der Waals surface area contributed by atoms with Crippen LogP contribution in [0.25, 0.3) is 11.1 Å². The Morgan fingerprint density at radius 3 is 2.21 bits per heavy atom. The van der Waals surface area contributed by atoms with Crippen molar-refractivity contribution in [1.29, 1.82) is 0 Å². The molecule has 0 heterocycles. The first kappa shape index (κ1) is 22.8. The first-order chi connectivity index (χ1) is 15.7. The maximum Gasteiger partial charge on any atom is 0.407 e. The van der Waals surface area contributed by atoms with Gasteiger partial charge in [-0.3, -0.25) is 9.59 Å². The van der Waals surface area contributed by atoms with Crippen molar-refractivity contribution >= 4 is 18.0 Å². The van der Waals surface area contributed by atoms with Crippen molar-refractivity contribution in [2.75, 3.05) is 6.61 Å². The zero-order valence-electron chi connectivity index (χ0n) is 19.0. The van der Waals surface area contributed by atoms with Gasteiger partial charge in [-0.05, 0) is 46.9 Å². The van der Waals surface area contributed by atoms with Crippen LogP contribution in [0.2, 0.25) is 0 Å². The lowest BCUT2D eigenvalue weighted by atomic mass is 9.92. The molecule has 0 radical (unpaired) electrons. The number of amides is 2. The molecule has 0 aliphatic heterocycles. The number of carbonyl (C=O) groups is 3. The molecular weight excluding hydrogens is 420 g/mol. The molecule has 2 amide bonds. The van der Waals surface area contributed by atoms with E-state index >= 15 is 0 Å². The Balaban J connectivity index is 1.39. The summed E-state index contributed by atoms with van der Waals surface area (Å²) >= 11 is 0. The number of hydrogen-bond donors (Lipinski definition) is 3. The molecule has 4 rings (SSSR count). The lowest BCUT2D eigenvalue weighted by Gasteiger charge is -2.22. The number of aliphatic carboxylic acids is 1. The molecule has 0 spiro atoms. The molecule has 2 aliphatic rings. The van der Waals surface area contributed by atoms with Gasteiger partial charge >= 0.3 is 12.1 Å². The Labute approximate surface area is 193 Å². The lowest BCUT2D eigenvalue weighted by Crippen LogP contribution is -2.50. The summed E-state index contributed by atoms with van der Waals surface area (Å²) in [7, 11) is 0. The standard InChI is InChI=1S/C26H30N2O5/c1-26(2)12-11-16(14-26)27-24(31)22(13-23(29)30)28-25(32)33-15-21-19-9-5-3-7-17(19)18-8-4-6-10-20(18)21/h3-10,16,21-22H,11-15H2,1-2H3,(H,27,31)(H,28,32)(H,29,30). The Hall–Kier alpha value is -3.35. The van der Waals surface area contributed by atoms with Crippen LogP contribution in [0.3, 0.4) is 0 Å². The Bertz CT molecular complexity index is 1020. The quantitative estimate of drug-likeness (QED) is 0.590. The molecule has 1 saturated carbocycles. The summed E-state index contributed by atoms with van der Waals surface area (Å²) in [5, 5.41) is 14.6. The fourth-order valence-electron chi connectivity index (χ4n) is 5.03. The van der Waals surface area contributed by atoms with E-state index in [1.807, 2.05) is 48.5 Å². The summed E-state index contributed by atoms with van der Waals surface area (Å²) < 4.78 is 5.48. The highest BCUT2D eigenvalue weighted by atomic mass is 16.5. The average Bonchev–Trinajstić information content (AvgIpc) is 3.28. The highest BCUT2D eigenvalue weighted by molar-refractivity contribution is 5.89. The Morgan fingerprint density at radius 1 is 1.06 bits per heavy atom. The number of hydrogen-bond acceptors (Lipinski definition) is 4. The van der Waals surface area contributed by atoms with Crippen molar-refractivity contribution in [2.24, 2.45) is 5.41 Å². The number of rotatable bonds is 7.